The van der Waals surface area contributed by atoms with Crippen molar-refractivity contribution in [3.8, 4) is 11.5 Å². The highest BCUT2D eigenvalue weighted by atomic mass is 32.1. The SMILES string of the molecule is C.Cc1cc(OCc2ccccc2F)cc(OCc2csc3c(C(=O)NCCO)cnc(N)c23)c1. The zero-order chi connectivity index (χ0) is 24.1. The molecule has 0 atom stereocenters. The van der Waals surface area contributed by atoms with Crippen LogP contribution in [0.2, 0.25) is 0 Å². The summed E-state index contributed by atoms with van der Waals surface area (Å²) in [6.45, 7) is 2.24. The maximum atomic E-state index is 13.9. The van der Waals surface area contributed by atoms with Crippen molar-refractivity contribution in [1.29, 1.82) is 0 Å². The number of nitrogens with two attached hydrogens (primary N) is 1. The summed E-state index contributed by atoms with van der Waals surface area (Å²) in [6.07, 6.45) is 1.44. The summed E-state index contributed by atoms with van der Waals surface area (Å²) in [7, 11) is 0. The molecule has 0 aliphatic heterocycles. The lowest BCUT2D eigenvalue weighted by Gasteiger charge is -2.12. The molecule has 4 rings (SSSR count). The molecule has 184 valence electrons. The molecule has 0 aliphatic rings. The van der Waals surface area contributed by atoms with E-state index in [-0.39, 0.29) is 45.5 Å². The van der Waals surface area contributed by atoms with Gasteiger partial charge in [0.2, 0.25) is 0 Å². The Labute approximate surface area is 207 Å². The minimum Gasteiger partial charge on any atom is -0.489 e. The van der Waals surface area contributed by atoms with Crippen LogP contribution >= 0.6 is 11.3 Å². The molecule has 2 aromatic heterocycles. The van der Waals surface area contributed by atoms with Crippen molar-refractivity contribution in [3.05, 3.63) is 82.1 Å². The second kappa shape index (κ2) is 11.6. The third-order valence-corrected chi connectivity index (χ3v) is 6.18. The molecule has 2 aromatic carbocycles. The van der Waals surface area contributed by atoms with Gasteiger partial charge in [-0.25, -0.2) is 9.37 Å². The zero-order valence-corrected chi connectivity index (χ0v) is 19.3. The molecule has 4 aromatic rings. The number of hydrogen-bond donors (Lipinski definition) is 3. The number of rotatable bonds is 9. The first kappa shape index (κ1) is 25.9. The number of nitrogen functional groups attached to an aromatic ring is 1. The molecular formula is C26H28FN3O4S. The molecule has 0 fully saturated rings. The van der Waals surface area contributed by atoms with E-state index < -0.39 is 0 Å². The highest BCUT2D eigenvalue weighted by Gasteiger charge is 2.17. The van der Waals surface area contributed by atoms with Crippen LogP contribution in [0.25, 0.3) is 10.1 Å². The maximum absolute atomic E-state index is 13.9. The van der Waals surface area contributed by atoms with Gasteiger partial charge in [0, 0.05) is 35.3 Å². The Kier molecular flexibility index (Phi) is 8.62. The van der Waals surface area contributed by atoms with E-state index in [1.165, 1.54) is 23.6 Å². The lowest BCUT2D eigenvalue weighted by Crippen LogP contribution is -2.26. The molecule has 0 unspecified atom stereocenters. The first-order valence-corrected chi connectivity index (χ1v) is 11.5. The molecule has 9 heteroatoms. The van der Waals surface area contributed by atoms with E-state index >= 15 is 0 Å². The number of aliphatic hydroxyl groups is 1. The summed E-state index contributed by atoms with van der Waals surface area (Å²) in [4.78, 5) is 16.6. The molecule has 0 radical (unpaired) electrons. The van der Waals surface area contributed by atoms with Gasteiger partial charge in [-0.1, -0.05) is 25.6 Å². The lowest BCUT2D eigenvalue weighted by molar-refractivity contribution is 0.0946. The number of carbonyl (C=O) groups excluding carboxylic acids is 1. The van der Waals surface area contributed by atoms with Crippen LogP contribution in [-0.2, 0) is 13.2 Å². The molecule has 0 bridgehead atoms. The molecule has 0 aliphatic carbocycles. The van der Waals surface area contributed by atoms with Crippen LogP contribution in [0.15, 0.2) is 54.0 Å². The quantitative estimate of drug-likeness (QED) is 0.305. The van der Waals surface area contributed by atoms with Crippen LogP contribution in [0.4, 0.5) is 10.2 Å². The predicted molar refractivity (Wildman–Crippen MR) is 136 cm³/mol. The fraction of sp³-hybridized carbons (Fsp3) is 0.231. The van der Waals surface area contributed by atoms with Crippen LogP contribution in [0, 0.1) is 12.7 Å². The van der Waals surface area contributed by atoms with Gasteiger partial charge >= 0.3 is 0 Å². The van der Waals surface area contributed by atoms with Crippen molar-refractivity contribution in [2.24, 2.45) is 0 Å². The summed E-state index contributed by atoms with van der Waals surface area (Å²) in [5, 5.41) is 14.1. The van der Waals surface area contributed by atoms with E-state index in [1.54, 1.807) is 24.3 Å². The number of fused-ring (bicyclic) bond motifs is 1. The van der Waals surface area contributed by atoms with Gasteiger partial charge in [-0.15, -0.1) is 11.3 Å². The standard InChI is InChI=1S/C25H24FN3O4S.CH4/c1-15-8-18(32-12-16-4-2-3-5-21(16)26)10-19(9-15)33-13-17-14-34-23-20(25(31)28-6-7-30)11-29-24(27)22(17)23;/h2-5,8-11,14,30H,6-7,12-13H2,1H3,(H2,27,29)(H,28,31);1H4. The van der Waals surface area contributed by atoms with Gasteiger partial charge in [-0.3, -0.25) is 4.79 Å². The second-order valence-corrected chi connectivity index (χ2v) is 8.53. The third-order valence-electron chi connectivity index (χ3n) is 5.11. The predicted octanol–water partition coefficient (Wildman–Crippen LogP) is 4.84. The number of hydrogen-bond acceptors (Lipinski definition) is 7. The molecule has 35 heavy (non-hydrogen) atoms. The van der Waals surface area contributed by atoms with Gasteiger partial charge in [0.05, 0.1) is 16.9 Å². The van der Waals surface area contributed by atoms with Gasteiger partial charge in [0.15, 0.2) is 0 Å². The molecular weight excluding hydrogens is 469 g/mol. The number of amides is 1. The number of carbonyl (C=O) groups is 1. The van der Waals surface area contributed by atoms with E-state index in [9.17, 15) is 9.18 Å². The topological polar surface area (TPSA) is 107 Å². The van der Waals surface area contributed by atoms with Gasteiger partial charge in [0.1, 0.15) is 36.3 Å². The fourth-order valence-electron chi connectivity index (χ4n) is 3.48. The normalized spacial score (nSPS) is 10.6. The Morgan fingerprint density at radius 1 is 1.14 bits per heavy atom. The van der Waals surface area contributed by atoms with E-state index in [4.69, 9.17) is 20.3 Å². The number of nitrogens with one attached hydrogen (secondary N) is 1. The van der Waals surface area contributed by atoms with Gasteiger partial charge in [-0.05, 0) is 36.1 Å². The number of aryl methyl sites for hydroxylation is 1. The monoisotopic (exact) mass is 497 g/mol. The van der Waals surface area contributed by atoms with E-state index in [2.05, 4.69) is 10.3 Å². The molecule has 0 spiro atoms. The minimum absolute atomic E-state index is 0. The number of benzene rings is 2. The number of ether oxygens (including phenoxy) is 2. The number of thiophene rings is 1. The first-order chi connectivity index (χ1) is 16.5. The Morgan fingerprint density at radius 3 is 2.51 bits per heavy atom. The molecule has 0 saturated heterocycles. The average molecular weight is 498 g/mol. The third kappa shape index (κ3) is 6.06. The van der Waals surface area contributed by atoms with Gasteiger partial charge in [-0.2, -0.15) is 0 Å². The Balaban J connectivity index is 0.00000342. The number of anilines is 1. The molecule has 1 amide bonds. The summed E-state index contributed by atoms with van der Waals surface area (Å²) in [5.41, 5.74) is 8.71. The minimum atomic E-state index is -0.323. The molecule has 4 N–H and O–H groups in total. The second-order valence-electron chi connectivity index (χ2n) is 7.65. The van der Waals surface area contributed by atoms with E-state index in [1.807, 2.05) is 24.4 Å². The van der Waals surface area contributed by atoms with Crippen molar-refractivity contribution in [3.63, 3.8) is 0 Å². The number of aromatic nitrogens is 1. The van der Waals surface area contributed by atoms with Crippen molar-refractivity contribution in [2.45, 2.75) is 27.6 Å². The van der Waals surface area contributed by atoms with Crippen LogP contribution in [-0.4, -0.2) is 29.1 Å². The summed E-state index contributed by atoms with van der Waals surface area (Å²) in [6, 6.07) is 12.0. The lowest BCUT2D eigenvalue weighted by atomic mass is 10.1. The van der Waals surface area contributed by atoms with E-state index in [0.29, 0.717) is 38.5 Å². The van der Waals surface area contributed by atoms with Gasteiger partial charge in [0.25, 0.3) is 5.91 Å². The average Bonchev–Trinajstić information content (AvgIpc) is 3.25. The summed E-state index contributed by atoms with van der Waals surface area (Å²) < 4.78 is 26.4. The van der Waals surface area contributed by atoms with E-state index in [0.717, 1.165) is 11.1 Å². The van der Waals surface area contributed by atoms with Crippen molar-refractivity contribution >= 4 is 33.1 Å². The molecule has 0 saturated carbocycles. The Hall–Kier alpha value is -3.69. The van der Waals surface area contributed by atoms with Crippen LogP contribution < -0.4 is 20.5 Å². The Morgan fingerprint density at radius 2 is 1.83 bits per heavy atom. The molecule has 7 nitrogen and oxygen atoms in total. The van der Waals surface area contributed by atoms with Crippen LogP contribution in [0.1, 0.15) is 34.5 Å². The number of halogens is 1. The summed E-state index contributed by atoms with van der Waals surface area (Å²) in [5.74, 6) is 0.832. The fourth-order valence-corrected chi connectivity index (χ4v) is 4.55. The smallest absolute Gasteiger partial charge is 0.254 e. The highest BCUT2D eigenvalue weighted by molar-refractivity contribution is 7.17. The summed E-state index contributed by atoms with van der Waals surface area (Å²) >= 11 is 1.38. The van der Waals surface area contributed by atoms with Crippen molar-refractivity contribution in [1.82, 2.24) is 10.3 Å². The van der Waals surface area contributed by atoms with Crippen LogP contribution in [0.3, 0.4) is 0 Å². The number of aliphatic hydroxyl groups excluding tert-OH is 1. The largest absolute Gasteiger partial charge is 0.489 e. The van der Waals surface area contributed by atoms with Crippen molar-refractivity contribution < 1.29 is 23.8 Å². The maximum Gasteiger partial charge on any atom is 0.254 e. The van der Waals surface area contributed by atoms with Crippen LogP contribution in [0.5, 0.6) is 11.5 Å². The number of nitrogens with zero attached hydrogens (tertiary/aromatic N) is 1. The number of pyridine rings is 1. The first-order valence-electron chi connectivity index (χ1n) is 10.6. The Bertz CT molecular complexity index is 1330. The highest BCUT2D eigenvalue weighted by Crippen LogP contribution is 2.33. The van der Waals surface area contributed by atoms with Crippen molar-refractivity contribution in [2.75, 3.05) is 18.9 Å². The van der Waals surface area contributed by atoms with Gasteiger partial charge < -0.3 is 25.6 Å². The molecule has 2 heterocycles. The zero-order valence-electron chi connectivity index (χ0n) is 18.5.